The Morgan fingerprint density at radius 3 is 2.59 bits per heavy atom. The second kappa shape index (κ2) is 9.60. The highest BCUT2D eigenvalue weighted by Crippen LogP contribution is 2.17. The molecule has 3 rings (SSSR count). The second-order valence-electron chi connectivity index (χ2n) is 7.11. The van der Waals surface area contributed by atoms with Gasteiger partial charge < -0.3 is 24.6 Å². The van der Waals surface area contributed by atoms with Gasteiger partial charge in [-0.3, -0.25) is 4.79 Å². The van der Waals surface area contributed by atoms with Gasteiger partial charge in [-0.1, -0.05) is 12.1 Å². The van der Waals surface area contributed by atoms with Crippen molar-refractivity contribution >= 4 is 11.9 Å². The number of methoxy groups -OCH3 is 1. The fourth-order valence-corrected chi connectivity index (χ4v) is 3.55. The van der Waals surface area contributed by atoms with Gasteiger partial charge in [0, 0.05) is 32.8 Å². The van der Waals surface area contributed by atoms with E-state index < -0.39 is 0 Å². The number of ether oxygens (including phenoxy) is 2. The van der Waals surface area contributed by atoms with Crippen LogP contribution in [0, 0.1) is 0 Å². The van der Waals surface area contributed by atoms with Crippen LogP contribution in [0.5, 0.6) is 5.75 Å². The number of nitrogens with one attached hydrogen (secondary N) is 1. The van der Waals surface area contributed by atoms with E-state index in [0.29, 0.717) is 13.1 Å². The molecule has 7 heteroatoms. The van der Waals surface area contributed by atoms with Crippen LogP contribution in [-0.4, -0.2) is 67.7 Å². The highest BCUT2D eigenvalue weighted by atomic mass is 16.5. The Hall–Kier alpha value is -2.28. The highest BCUT2D eigenvalue weighted by molar-refractivity contribution is 5.84. The molecule has 2 saturated heterocycles. The largest absolute Gasteiger partial charge is 0.497 e. The van der Waals surface area contributed by atoms with Crippen molar-refractivity contribution in [2.45, 2.75) is 38.3 Å². The zero-order valence-electron chi connectivity index (χ0n) is 16.0. The molecule has 2 aliphatic heterocycles. The van der Waals surface area contributed by atoms with Crippen molar-refractivity contribution in [1.82, 2.24) is 15.1 Å². The molecule has 1 N–H and O–H groups in total. The fraction of sp³-hybridized carbons (Fsp3) is 0.600. The molecular weight excluding hydrogens is 346 g/mol. The molecule has 1 aromatic rings. The van der Waals surface area contributed by atoms with Crippen molar-refractivity contribution in [1.29, 1.82) is 0 Å². The van der Waals surface area contributed by atoms with E-state index in [-0.39, 0.29) is 24.6 Å². The van der Waals surface area contributed by atoms with E-state index in [2.05, 4.69) is 5.32 Å². The zero-order valence-corrected chi connectivity index (χ0v) is 16.0. The highest BCUT2D eigenvalue weighted by Gasteiger charge is 2.24. The van der Waals surface area contributed by atoms with Gasteiger partial charge in [0.05, 0.1) is 19.8 Å². The van der Waals surface area contributed by atoms with E-state index in [1.807, 2.05) is 29.2 Å². The van der Waals surface area contributed by atoms with Crippen molar-refractivity contribution in [3.8, 4) is 5.75 Å². The third-order valence-corrected chi connectivity index (χ3v) is 5.12. The SMILES string of the molecule is COc1ccc(CN(CC2CCCO2)C(=O)NCC(=O)N2CCCC2)cc1. The van der Waals surface area contributed by atoms with Crippen molar-refractivity contribution in [2.24, 2.45) is 0 Å². The number of benzene rings is 1. The minimum absolute atomic E-state index is 0.0117. The Bertz CT molecular complexity index is 623. The second-order valence-corrected chi connectivity index (χ2v) is 7.11. The number of amides is 3. The molecule has 0 saturated carbocycles. The summed E-state index contributed by atoms with van der Waals surface area (Å²) in [4.78, 5) is 28.5. The quantitative estimate of drug-likeness (QED) is 0.791. The van der Waals surface area contributed by atoms with E-state index in [4.69, 9.17) is 9.47 Å². The van der Waals surface area contributed by atoms with E-state index in [0.717, 1.165) is 56.7 Å². The minimum atomic E-state index is -0.228. The fourth-order valence-electron chi connectivity index (χ4n) is 3.55. The molecule has 0 aliphatic carbocycles. The topological polar surface area (TPSA) is 71.1 Å². The molecule has 3 amide bonds. The van der Waals surface area contributed by atoms with E-state index in [1.54, 1.807) is 12.0 Å². The van der Waals surface area contributed by atoms with Crippen molar-refractivity contribution in [3.05, 3.63) is 29.8 Å². The maximum absolute atomic E-state index is 12.7. The molecule has 1 unspecified atom stereocenters. The third kappa shape index (κ3) is 5.60. The molecule has 0 radical (unpaired) electrons. The van der Waals surface area contributed by atoms with E-state index >= 15 is 0 Å². The van der Waals surface area contributed by atoms with Gasteiger partial charge in [-0.15, -0.1) is 0 Å². The molecule has 148 valence electrons. The first kappa shape index (κ1) is 19.5. The standard InChI is InChI=1S/C20H29N3O4/c1-26-17-8-6-16(7-9-17)14-23(15-18-5-4-12-27-18)20(25)21-13-19(24)22-10-2-3-11-22/h6-9,18H,2-5,10-15H2,1H3,(H,21,25). The van der Waals surface area contributed by atoms with Crippen LogP contribution in [0.1, 0.15) is 31.2 Å². The first-order valence-electron chi connectivity index (χ1n) is 9.71. The van der Waals surface area contributed by atoms with E-state index in [1.165, 1.54) is 0 Å². The van der Waals surface area contributed by atoms with Crippen LogP contribution in [0.4, 0.5) is 4.79 Å². The number of likely N-dealkylation sites (tertiary alicyclic amines) is 1. The lowest BCUT2D eigenvalue weighted by atomic mass is 10.2. The average molecular weight is 375 g/mol. The van der Waals surface area contributed by atoms with Crippen molar-refractivity contribution in [2.75, 3.05) is 39.9 Å². The van der Waals surface area contributed by atoms with Gasteiger partial charge in [-0.2, -0.15) is 0 Å². The molecule has 0 bridgehead atoms. The summed E-state index contributed by atoms with van der Waals surface area (Å²) in [6.45, 7) is 3.36. The molecule has 2 fully saturated rings. The number of hydrogen-bond acceptors (Lipinski definition) is 4. The minimum Gasteiger partial charge on any atom is -0.497 e. The maximum atomic E-state index is 12.7. The molecule has 0 spiro atoms. The Morgan fingerprint density at radius 2 is 1.96 bits per heavy atom. The van der Waals surface area contributed by atoms with Crippen LogP contribution in [-0.2, 0) is 16.1 Å². The summed E-state index contributed by atoms with van der Waals surface area (Å²) in [5, 5.41) is 2.79. The van der Waals surface area contributed by atoms with Crippen molar-refractivity contribution in [3.63, 3.8) is 0 Å². The van der Waals surface area contributed by atoms with E-state index in [9.17, 15) is 9.59 Å². The summed E-state index contributed by atoms with van der Waals surface area (Å²) in [6.07, 6.45) is 4.13. The molecule has 1 atom stereocenters. The summed E-state index contributed by atoms with van der Waals surface area (Å²) in [5.41, 5.74) is 1.01. The number of carbonyl (C=O) groups is 2. The Labute approximate surface area is 160 Å². The van der Waals surface area contributed by atoms with Crippen LogP contribution in [0.2, 0.25) is 0 Å². The molecule has 2 aliphatic rings. The van der Waals surface area contributed by atoms with Gasteiger partial charge in [-0.25, -0.2) is 4.79 Å². The molecule has 0 aromatic heterocycles. The van der Waals surface area contributed by atoms with Gasteiger partial charge in [0.15, 0.2) is 0 Å². The molecular formula is C20H29N3O4. The maximum Gasteiger partial charge on any atom is 0.318 e. The van der Waals surface area contributed by atoms with Crippen LogP contribution in [0.3, 0.4) is 0 Å². The summed E-state index contributed by atoms with van der Waals surface area (Å²) in [6, 6.07) is 7.44. The molecule has 2 heterocycles. The van der Waals surface area contributed by atoms with Crippen LogP contribution in [0.15, 0.2) is 24.3 Å². The van der Waals surface area contributed by atoms with Gasteiger partial charge >= 0.3 is 6.03 Å². The smallest absolute Gasteiger partial charge is 0.318 e. The number of nitrogens with zero attached hydrogens (tertiary/aromatic N) is 2. The molecule has 27 heavy (non-hydrogen) atoms. The summed E-state index contributed by atoms with van der Waals surface area (Å²) in [5.74, 6) is 0.771. The van der Waals surface area contributed by atoms with Crippen LogP contribution in [0.25, 0.3) is 0 Å². The monoisotopic (exact) mass is 375 g/mol. The Morgan fingerprint density at radius 1 is 1.22 bits per heavy atom. The number of urea groups is 1. The summed E-state index contributed by atoms with van der Waals surface area (Å²) < 4.78 is 10.9. The number of hydrogen-bond donors (Lipinski definition) is 1. The lowest BCUT2D eigenvalue weighted by Crippen LogP contribution is -2.46. The van der Waals surface area contributed by atoms with Crippen LogP contribution < -0.4 is 10.1 Å². The average Bonchev–Trinajstić information content (AvgIpc) is 3.40. The van der Waals surface area contributed by atoms with Gasteiger partial charge in [0.25, 0.3) is 0 Å². The van der Waals surface area contributed by atoms with Gasteiger partial charge in [0.2, 0.25) is 5.91 Å². The Kier molecular flexibility index (Phi) is 6.92. The Balaban J connectivity index is 1.58. The van der Waals surface area contributed by atoms with Gasteiger partial charge in [0.1, 0.15) is 5.75 Å². The number of rotatable bonds is 7. The first-order chi connectivity index (χ1) is 13.2. The predicted molar refractivity (Wildman–Crippen MR) is 102 cm³/mol. The van der Waals surface area contributed by atoms with Gasteiger partial charge in [-0.05, 0) is 43.4 Å². The van der Waals surface area contributed by atoms with Crippen LogP contribution >= 0.6 is 0 Å². The lowest BCUT2D eigenvalue weighted by Gasteiger charge is -2.26. The summed E-state index contributed by atoms with van der Waals surface area (Å²) >= 11 is 0. The predicted octanol–water partition coefficient (Wildman–Crippen LogP) is 2.01. The molecule has 1 aromatic carbocycles. The third-order valence-electron chi connectivity index (χ3n) is 5.12. The zero-order chi connectivity index (χ0) is 19.1. The lowest BCUT2D eigenvalue weighted by molar-refractivity contribution is -0.129. The first-order valence-corrected chi connectivity index (χ1v) is 9.71. The van der Waals surface area contributed by atoms with Crippen molar-refractivity contribution < 1.29 is 19.1 Å². The number of carbonyl (C=O) groups excluding carboxylic acids is 2. The normalized spacial score (nSPS) is 19.1. The molecule has 7 nitrogen and oxygen atoms in total. The summed E-state index contributed by atoms with van der Waals surface area (Å²) in [7, 11) is 1.63.